The number of anilines is 1. The van der Waals surface area contributed by atoms with E-state index in [-0.39, 0.29) is 5.91 Å². The summed E-state index contributed by atoms with van der Waals surface area (Å²) in [5, 5.41) is 4.88. The zero-order valence-electron chi connectivity index (χ0n) is 20.5. The third kappa shape index (κ3) is 3.76. The van der Waals surface area contributed by atoms with Crippen LogP contribution in [-0.4, -0.2) is 46.8 Å². The van der Waals surface area contributed by atoms with E-state index in [0.29, 0.717) is 0 Å². The first-order chi connectivity index (χ1) is 17.0. The molecule has 1 aliphatic heterocycles. The number of aromatic nitrogens is 2. The monoisotopic (exact) mass is 482 g/mol. The van der Waals surface area contributed by atoms with Gasteiger partial charge in [0.15, 0.2) is 0 Å². The van der Waals surface area contributed by atoms with E-state index >= 15 is 0 Å². The van der Waals surface area contributed by atoms with Crippen LogP contribution in [0.1, 0.15) is 37.7 Å². The Morgan fingerprint density at radius 2 is 1.69 bits per heavy atom. The molecule has 2 aromatic carbocycles. The second kappa shape index (κ2) is 8.68. The predicted octanol–water partition coefficient (Wildman–Crippen LogP) is 5.59. The molecule has 6 heteroatoms. The standard InChI is InChI=1S/C29H30N4OS/c1-19-8-7-11-24(20(19)2)31-14-16-32(17-15-31)29(34)26-18-22-12-13-25-27(28(22)35-26)21(3)30-33(25)23-9-5-4-6-10-23/h4-11,18H,12-17H2,1-3H3. The first-order valence-corrected chi connectivity index (χ1v) is 13.2. The minimum atomic E-state index is 0.166. The summed E-state index contributed by atoms with van der Waals surface area (Å²) in [5.41, 5.74) is 9.83. The Morgan fingerprint density at radius 3 is 2.46 bits per heavy atom. The summed E-state index contributed by atoms with van der Waals surface area (Å²) >= 11 is 1.65. The van der Waals surface area contributed by atoms with Gasteiger partial charge >= 0.3 is 0 Å². The Labute approximate surface area is 210 Å². The molecule has 0 spiro atoms. The summed E-state index contributed by atoms with van der Waals surface area (Å²) in [6.45, 7) is 9.68. The molecule has 0 atom stereocenters. The predicted molar refractivity (Wildman–Crippen MR) is 143 cm³/mol. The molecule has 4 aromatic rings. The van der Waals surface area contributed by atoms with Crippen LogP contribution in [-0.2, 0) is 12.8 Å². The molecule has 0 radical (unpaired) electrons. The van der Waals surface area contributed by atoms with Gasteiger partial charge in [-0.2, -0.15) is 5.10 Å². The van der Waals surface area contributed by atoms with E-state index in [4.69, 9.17) is 5.10 Å². The Hall–Kier alpha value is -3.38. The molecule has 1 saturated heterocycles. The molecule has 0 saturated carbocycles. The third-order valence-corrected chi connectivity index (χ3v) is 8.70. The zero-order chi connectivity index (χ0) is 24.1. The van der Waals surface area contributed by atoms with Crippen LogP contribution in [0.25, 0.3) is 16.1 Å². The number of rotatable bonds is 3. The molecule has 0 unspecified atom stereocenters. The molecule has 1 fully saturated rings. The van der Waals surface area contributed by atoms with Crippen LogP contribution in [0.4, 0.5) is 5.69 Å². The number of nitrogens with zero attached hydrogens (tertiary/aromatic N) is 4. The Balaban J connectivity index is 1.23. The molecule has 2 aromatic heterocycles. The maximum Gasteiger partial charge on any atom is 0.264 e. The van der Waals surface area contributed by atoms with Crippen LogP contribution >= 0.6 is 11.3 Å². The minimum Gasteiger partial charge on any atom is -0.368 e. The average Bonchev–Trinajstić information content (AvgIpc) is 3.47. The van der Waals surface area contributed by atoms with Crippen LogP contribution in [0.2, 0.25) is 0 Å². The van der Waals surface area contributed by atoms with Gasteiger partial charge in [-0.05, 0) is 74.6 Å². The number of fused-ring (bicyclic) bond motifs is 3. The molecular weight excluding hydrogens is 452 g/mol. The van der Waals surface area contributed by atoms with Crippen LogP contribution in [0.5, 0.6) is 0 Å². The molecule has 0 bridgehead atoms. The maximum atomic E-state index is 13.5. The van der Waals surface area contributed by atoms with Gasteiger partial charge in [0.2, 0.25) is 0 Å². The second-order valence-corrected chi connectivity index (χ2v) is 10.7. The first kappa shape index (κ1) is 22.1. The zero-order valence-corrected chi connectivity index (χ0v) is 21.4. The molecule has 0 N–H and O–H groups in total. The van der Waals surface area contributed by atoms with Crippen molar-refractivity contribution in [1.29, 1.82) is 0 Å². The van der Waals surface area contributed by atoms with Crippen molar-refractivity contribution in [1.82, 2.24) is 14.7 Å². The summed E-state index contributed by atoms with van der Waals surface area (Å²) in [4.78, 5) is 20.0. The smallest absolute Gasteiger partial charge is 0.264 e. The van der Waals surface area contributed by atoms with Crippen LogP contribution < -0.4 is 4.90 Å². The number of hydrogen-bond donors (Lipinski definition) is 0. The number of piperazine rings is 1. The van der Waals surface area contributed by atoms with Gasteiger partial charge in [-0.15, -0.1) is 11.3 Å². The van der Waals surface area contributed by atoms with Gasteiger partial charge in [0, 0.05) is 42.3 Å². The number of carbonyl (C=O) groups excluding carboxylic acids is 1. The van der Waals surface area contributed by atoms with Crippen LogP contribution in [0.15, 0.2) is 54.6 Å². The van der Waals surface area contributed by atoms with Gasteiger partial charge in [-0.25, -0.2) is 4.68 Å². The highest BCUT2D eigenvalue weighted by Crippen LogP contribution is 2.42. The van der Waals surface area contributed by atoms with Crippen molar-refractivity contribution in [3.05, 3.63) is 87.6 Å². The molecule has 2 aliphatic rings. The number of aryl methyl sites for hydroxylation is 3. The summed E-state index contributed by atoms with van der Waals surface area (Å²) in [7, 11) is 0. The molecule has 1 amide bonds. The Morgan fingerprint density at radius 1 is 0.914 bits per heavy atom. The number of para-hydroxylation sites is 1. The van der Waals surface area contributed by atoms with Crippen molar-refractivity contribution in [2.75, 3.05) is 31.1 Å². The van der Waals surface area contributed by atoms with E-state index in [1.54, 1.807) is 11.3 Å². The lowest BCUT2D eigenvalue weighted by molar-refractivity contribution is 0.0751. The van der Waals surface area contributed by atoms with Crippen molar-refractivity contribution in [3.8, 4) is 16.1 Å². The number of amides is 1. The highest BCUT2D eigenvalue weighted by Gasteiger charge is 2.30. The van der Waals surface area contributed by atoms with E-state index in [1.165, 1.54) is 38.5 Å². The molecule has 1 aliphatic carbocycles. The van der Waals surface area contributed by atoms with E-state index in [2.05, 4.69) is 78.9 Å². The lowest BCUT2D eigenvalue weighted by Crippen LogP contribution is -2.48. The summed E-state index contributed by atoms with van der Waals surface area (Å²) in [6.07, 6.45) is 1.89. The third-order valence-electron chi connectivity index (χ3n) is 7.52. The molecular formula is C29H30N4OS. The van der Waals surface area contributed by atoms with Gasteiger partial charge in [0.1, 0.15) is 0 Å². The van der Waals surface area contributed by atoms with Crippen molar-refractivity contribution in [2.45, 2.75) is 33.6 Å². The van der Waals surface area contributed by atoms with E-state index < -0.39 is 0 Å². The summed E-state index contributed by atoms with van der Waals surface area (Å²) in [6, 6.07) is 19.0. The van der Waals surface area contributed by atoms with Gasteiger partial charge in [-0.1, -0.05) is 30.3 Å². The van der Waals surface area contributed by atoms with Gasteiger partial charge < -0.3 is 9.80 Å². The van der Waals surface area contributed by atoms with Crippen molar-refractivity contribution < 1.29 is 4.79 Å². The Bertz CT molecular complexity index is 1410. The Kier molecular flexibility index (Phi) is 5.49. The molecule has 5 nitrogen and oxygen atoms in total. The topological polar surface area (TPSA) is 41.4 Å². The normalized spacial score (nSPS) is 15.2. The SMILES string of the molecule is Cc1cccc(N2CCN(C(=O)c3cc4c(s3)-c3c(C)nn(-c5ccccc5)c3CC4)CC2)c1C. The molecule has 6 rings (SSSR count). The van der Waals surface area contributed by atoms with Crippen molar-refractivity contribution in [2.24, 2.45) is 0 Å². The summed E-state index contributed by atoms with van der Waals surface area (Å²) < 4.78 is 2.08. The number of hydrogen-bond acceptors (Lipinski definition) is 4. The van der Waals surface area contributed by atoms with Crippen LogP contribution in [0.3, 0.4) is 0 Å². The van der Waals surface area contributed by atoms with Gasteiger partial charge in [0.25, 0.3) is 5.91 Å². The molecule has 3 heterocycles. The molecule has 35 heavy (non-hydrogen) atoms. The fraction of sp³-hybridized carbons (Fsp3) is 0.310. The number of thiophene rings is 1. The highest BCUT2D eigenvalue weighted by molar-refractivity contribution is 7.17. The highest BCUT2D eigenvalue weighted by atomic mass is 32.1. The fourth-order valence-corrected chi connectivity index (χ4v) is 6.75. The minimum absolute atomic E-state index is 0.166. The number of benzene rings is 2. The van der Waals surface area contributed by atoms with Crippen molar-refractivity contribution in [3.63, 3.8) is 0 Å². The average molecular weight is 483 g/mol. The van der Waals surface area contributed by atoms with Crippen molar-refractivity contribution >= 4 is 22.9 Å². The molecule has 178 valence electrons. The lowest BCUT2D eigenvalue weighted by atomic mass is 9.95. The largest absolute Gasteiger partial charge is 0.368 e. The fourth-order valence-electron chi connectivity index (χ4n) is 5.45. The second-order valence-electron chi connectivity index (χ2n) is 9.62. The van der Waals surface area contributed by atoms with E-state index in [1.807, 2.05) is 11.0 Å². The van der Waals surface area contributed by atoms with E-state index in [9.17, 15) is 4.79 Å². The van der Waals surface area contributed by atoms with Gasteiger partial charge in [-0.3, -0.25) is 4.79 Å². The van der Waals surface area contributed by atoms with E-state index in [0.717, 1.165) is 55.3 Å². The lowest BCUT2D eigenvalue weighted by Gasteiger charge is -2.37. The van der Waals surface area contributed by atoms with Crippen LogP contribution in [0, 0.1) is 20.8 Å². The number of carbonyl (C=O) groups is 1. The maximum absolute atomic E-state index is 13.5. The first-order valence-electron chi connectivity index (χ1n) is 12.4. The summed E-state index contributed by atoms with van der Waals surface area (Å²) in [5.74, 6) is 0.166. The quantitative estimate of drug-likeness (QED) is 0.382. The van der Waals surface area contributed by atoms with Gasteiger partial charge in [0.05, 0.1) is 22.0 Å².